The summed E-state index contributed by atoms with van der Waals surface area (Å²) < 4.78 is 11.1. The zero-order valence-electron chi connectivity index (χ0n) is 13.5. The predicted molar refractivity (Wildman–Crippen MR) is 92.6 cm³/mol. The van der Waals surface area contributed by atoms with Crippen molar-refractivity contribution in [2.75, 3.05) is 6.61 Å². The number of nitrogens with zero attached hydrogens (tertiary/aromatic N) is 2. The second-order valence-electron chi connectivity index (χ2n) is 7.11. The number of halogens is 1. The summed E-state index contributed by atoms with van der Waals surface area (Å²) in [5.74, 6) is 3.15. The zero-order valence-corrected chi connectivity index (χ0v) is 14.3. The Morgan fingerprint density at radius 3 is 2.83 bits per heavy atom. The molecule has 0 aliphatic carbocycles. The SMILES string of the molecule is Cl.c1cc2c(cc1-c1noc(CC3CC4CCC(C3)N4)n1)CCO2. The van der Waals surface area contributed by atoms with E-state index in [9.17, 15) is 0 Å². The highest BCUT2D eigenvalue weighted by Gasteiger charge is 2.34. The average molecular weight is 348 g/mol. The molecule has 0 radical (unpaired) electrons. The molecule has 0 saturated carbocycles. The molecule has 1 N–H and O–H groups in total. The molecule has 5 nitrogen and oxygen atoms in total. The second kappa shape index (κ2) is 6.37. The van der Waals surface area contributed by atoms with Crippen LogP contribution in [0.2, 0.25) is 0 Å². The largest absolute Gasteiger partial charge is 0.493 e. The van der Waals surface area contributed by atoms with Gasteiger partial charge in [0.15, 0.2) is 0 Å². The monoisotopic (exact) mass is 347 g/mol. The van der Waals surface area contributed by atoms with Crippen LogP contribution in [0.15, 0.2) is 22.7 Å². The molecule has 2 aromatic rings. The van der Waals surface area contributed by atoms with Gasteiger partial charge in [-0.05, 0) is 55.4 Å². The third-order valence-corrected chi connectivity index (χ3v) is 5.45. The number of rotatable bonds is 3. The summed E-state index contributed by atoms with van der Waals surface area (Å²) in [5.41, 5.74) is 2.26. The molecule has 3 aliphatic rings. The van der Waals surface area contributed by atoms with E-state index in [4.69, 9.17) is 9.26 Å². The van der Waals surface area contributed by atoms with Gasteiger partial charge in [0, 0.05) is 30.5 Å². The summed E-state index contributed by atoms with van der Waals surface area (Å²) in [5, 5.41) is 7.87. The molecule has 2 fully saturated rings. The maximum Gasteiger partial charge on any atom is 0.227 e. The number of hydrogen-bond donors (Lipinski definition) is 1. The van der Waals surface area contributed by atoms with Crippen LogP contribution < -0.4 is 10.1 Å². The molecule has 0 amide bonds. The van der Waals surface area contributed by atoms with E-state index in [-0.39, 0.29) is 12.4 Å². The van der Waals surface area contributed by atoms with Crippen molar-refractivity contribution >= 4 is 12.4 Å². The lowest BCUT2D eigenvalue weighted by atomic mass is 9.90. The highest BCUT2D eigenvalue weighted by molar-refractivity contribution is 5.85. The fraction of sp³-hybridized carbons (Fsp3) is 0.556. The van der Waals surface area contributed by atoms with Gasteiger partial charge in [-0.3, -0.25) is 0 Å². The van der Waals surface area contributed by atoms with E-state index >= 15 is 0 Å². The topological polar surface area (TPSA) is 60.2 Å². The number of nitrogens with one attached hydrogen (secondary N) is 1. The van der Waals surface area contributed by atoms with Crippen LogP contribution in [0.4, 0.5) is 0 Å². The molecule has 128 valence electrons. The van der Waals surface area contributed by atoms with E-state index in [1.165, 1.54) is 31.2 Å². The minimum absolute atomic E-state index is 0. The molecule has 3 aliphatic heterocycles. The molecule has 24 heavy (non-hydrogen) atoms. The fourth-order valence-electron chi connectivity index (χ4n) is 4.37. The molecular weight excluding hydrogens is 326 g/mol. The minimum atomic E-state index is 0. The Bertz CT molecular complexity index is 721. The first-order valence-electron chi connectivity index (χ1n) is 8.68. The van der Waals surface area contributed by atoms with E-state index in [1.54, 1.807) is 0 Å². The van der Waals surface area contributed by atoms with Crippen molar-refractivity contribution < 1.29 is 9.26 Å². The molecule has 0 spiro atoms. The van der Waals surface area contributed by atoms with Gasteiger partial charge in [0.25, 0.3) is 0 Å². The molecule has 2 saturated heterocycles. The van der Waals surface area contributed by atoms with Crippen molar-refractivity contribution in [1.82, 2.24) is 15.5 Å². The lowest BCUT2D eigenvalue weighted by Gasteiger charge is -2.27. The molecule has 1 aromatic heterocycles. The van der Waals surface area contributed by atoms with Gasteiger partial charge in [-0.25, -0.2) is 0 Å². The molecule has 2 bridgehead atoms. The van der Waals surface area contributed by atoms with Crippen LogP contribution in [-0.2, 0) is 12.8 Å². The standard InChI is InChI=1S/C18H21N3O2.ClH/c1-4-16-12(5-6-22-16)10-13(1)18-20-17(23-21-18)9-11-7-14-2-3-15(8-11)19-14;/h1,4,10-11,14-15,19H,2-3,5-9H2;1H. The Morgan fingerprint density at radius 2 is 2.00 bits per heavy atom. The summed E-state index contributed by atoms with van der Waals surface area (Å²) in [6.07, 6.45) is 7.01. The highest BCUT2D eigenvalue weighted by atomic mass is 35.5. The quantitative estimate of drug-likeness (QED) is 0.924. The van der Waals surface area contributed by atoms with Crippen LogP contribution in [0, 0.1) is 5.92 Å². The van der Waals surface area contributed by atoms with Crippen LogP contribution in [0.1, 0.15) is 37.1 Å². The van der Waals surface area contributed by atoms with Gasteiger partial charge in [-0.15, -0.1) is 12.4 Å². The molecule has 1 aromatic carbocycles. The van der Waals surface area contributed by atoms with Crippen LogP contribution in [-0.4, -0.2) is 28.8 Å². The Hall–Kier alpha value is -1.59. The smallest absolute Gasteiger partial charge is 0.227 e. The summed E-state index contributed by atoms with van der Waals surface area (Å²) in [6.45, 7) is 0.772. The zero-order chi connectivity index (χ0) is 15.2. The summed E-state index contributed by atoms with van der Waals surface area (Å²) in [7, 11) is 0. The highest BCUT2D eigenvalue weighted by Crippen LogP contribution is 2.33. The Kier molecular flexibility index (Phi) is 4.22. The van der Waals surface area contributed by atoms with Crippen LogP contribution in [0.5, 0.6) is 5.75 Å². The van der Waals surface area contributed by atoms with Crippen molar-refractivity contribution in [3.8, 4) is 17.1 Å². The van der Waals surface area contributed by atoms with E-state index in [0.29, 0.717) is 23.8 Å². The first-order valence-corrected chi connectivity index (χ1v) is 8.68. The first kappa shape index (κ1) is 15.9. The second-order valence-corrected chi connectivity index (χ2v) is 7.11. The van der Waals surface area contributed by atoms with Gasteiger partial charge in [0.2, 0.25) is 11.7 Å². The van der Waals surface area contributed by atoms with E-state index in [2.05, 4.69) is 21.5 Å². The van der Waals surface area contributed by atoms with Crippen molar-refractivity contribution in [2.45, 2.75) is 50.6 Å². The number of hydrogen-bond acceptors (Lipinski definition) is 5. The predicted octanol–water partition coefficient (Wildman–Crippen LogP) is 3.17. The van der Waals surface area contributed by atoms with Gasteiger partial charge < -0.3 is 14.6 Å². The van der Waals surface area contributed by atoms with Crippen molar-refractivity contribution in [3.05, 3.63) is 29.7 Å². The summed E-state index contributed by atoms with van der Waals surface area (Å²) >= 11 is 0. The molecule has 6 heteroatoms. The number of aromatic nitrogens is 2. The maximum absolute atomic E-state index is 5.55. The van der Waals surface area contributed by atoms with Gasteiger partial charge in [0.1, 0.15) is 5.75 Å². The van der Waals surface area contributed by atoms with Crippen LogP contribution in [0.3, 0.4) is 0 Å². The Morgan fingerprint density at radius 1 is 1.17 bits per heavy atom. The van der Waals surface area contributed by atoms with Gasteiger partial charge in [-0.2, -0.15) is 4.98 Å². The summed E-state index contributed by atoms with van der Waals surface area (Å²) in [6, 6.07) is 7.57. The molecular formula is C18H22ClN3O2. The normalized spacial score (nSPS) is 27.4. The Labute approximate surface area is 147 Å². The lowest BCUT2D eigenvalue weighted by Crippen LogP contribution is -2.38. The van der Waals surface area contributed by atoms with Crippen molar-refractivity contribution in [2.24, 2.45) is 5.92 Å². The molecule has 2 unspecified atom stereocenters. The van der Waals surface area contributed by atoms with E-state index < -0.39 is 0 Å². The third-order valence-electron chi connectivity index (χ3n) is 5.45. The van der Waals surface area contributed by atoms with Gasteiger partial charge in [-0.1, -0.05) is 5.16 Å². The van der Waals surface area contributed by atoms with Crippen LogP contribution in [0.25, 0.3) is 11.4 Å². The van der Waals surface area contributed by atoms with Gasteiger partial charge >= 0.3 is 0 Å². The molecule has 2 atom stereocenters. The number of benzene rings is 1. The van der Waals surface area contributed by atoms with Crippen LogP contribution >= 0.6 is 12.4 Å². The lowest BCUT2D eigenvalue weighted by molar-refractivity contribution is 0.270. The number of fused-ring (bicyclic) bond motifs is 3. The minimum Gasteiger partial charge on any atom is -0.493 e. The first-order chi connectivity index (χ1) is 11.3. The maximum atomic E-state index is 5.55. The molecule has 5 rings (SSSR count). The fourth-order valence-corrected chi connectivity index (χ4v) is 4.37. The van der Waals surface area contributed by atoms with Crippen molar-refractivity contribution in [1.29, 1.82) is 0 Å². The number of ether oxygens (including phenoxy) is 1. The van der Waals surface area contributed by atoms with E-state index in [1.807, 2.05) is 12.1 Å². The molecule has 4 heterocycles. The average Bonchev–Trinajstić information content (AvgIpc) is 3.27. The summed E-state index contributed by atoms with van der Waals surface area (Å²) in [4.78, 5) is 4.63. The third kappa shape index (κ3) is 2.91. The van der Waals surface area contributed by atoms with Crippen molar-refractivity contribution in [3.63, 3.8) is 0 Å². The Balaban J connectivity index is 0.00000146. The number of piperidine rings is 1. The van der Waals surface area contributed by atoms with E-state index in [0.717, 1.165) is 36.7 Å². The van der Waals surface area contributed by atoms with Gasteiger partial charge in [0.05, 0.1) is 6.61 Å².